The van der Waals surface area contributed by atoms with Crippen molar-refractivity contribution < 1.29 is 18.4 Å². The van der Waals surface area contributed by atoms with Crippen molar-refractivity contribution in [2.24, 2.45) is 0 Å². The average molecular weight is 204 g/mol. The van der Waals surface area contributed by atoms with E-state index in [2.05, 4.69) is 0 Å². The molecule has 0 saturated carbocycles. The van der Waals surface area contributed by atoms with Crippen LogP contribution in [0.2, 0.25) is 0 Å². The Morgan fingerprint density at radius 1 is 1.25 bits per heavy atom. The van der Waals surface area contributed by atoms with Crippen LogP contribution in [0.3, 0.4) is 0 Å². The molecule has 0 unspecified atom stereocenters. The van der Waals surface area contributed by atoms with E-state index in [4.69, 9.17) is 13.6 Å². The van der Waals surface area contributed by atoms with Crippen LogP contribution in [0.5, 0.6) is 0 Å². The summed E-state index contributed by atoms with van der Waals surface area (Å²) >= 11 is 0. The second-order valence-corrected chi connectivity index (χ2v) is 2.79. The molecule has 68 valence electrons. The summed E-state index contributed by atoms with van der Waals surface area (Å²) in [6.45, 7) is 5.93. The van der Waals surface area contributed by atoms with Crippen molar-refractivity contribution in [2.45, 2.75) is 20.8 Å². The van der Waals surface area contributed by atoms with E-state index in [0.717, 1.165) is 0 Å². The van der Waals surface area contributed by atoms with Crippen molar-refractivity contribution in [3.05, 3.63) is 0 Å². The van der Waals surface area contributed by atoms with Gasteiger partial charge >= 0.3 is 44.1 Å². The molecule has 0 fully saturated rings. The van der Waals surface area contributed by atoms with Crippen LogP contribution in [0.1, 0.15) is 20.8 Å². The van der Waals surface area contributed by atoms with E-state index in [1.807, 2.05) is 13.8 Å². The van der Waals surface area contributed by atoms with E-state index >= 15 is 0 Å². The van der Waals surface area contributed by atoms with Gasteiger partial charge in [0.05, 0.1) is 13.2 Å². The van der Waals surface area contributed by atoms with Crippen LogP contribution in [0.15, 0.2) is 0 Å². The molecule has 0 aromatic heterocycles. The fraction of sp³-hybridized carbons (Fsp3) is 0.833. The van der Waals surface area contributed by atoms with Crippen LogP contribution in [0.4, 0.5) is 0 Å². The van der Waals surface area contributed by atoms with E-state index in [-0.39, 0.29) is 35.5 Å². The quantitative estimate of drug-likeness (QED) is 0.498. The van der Waals surface area contributed by atoms with E-state index in [1.165, 1.54) is 6.92 Å². The summed E-state index contributed by atoms with van der Waals surface area (Å²) in [5.74, 6) is -0.377. The Morgan fingerprint density at radius 2 is 1.67 bits per heavy atom. The first kappa shape index (κ1) is 15.3. The number of rotatable bonds is 5. The minimum absolute atomic E-state index is 0. The van der Waals surface area contributed by atoms with Crippen LogP contribution in [0.25, 0.3) is 0 Å². The summed E-state index contributed by atoms with van der Waals surface area (Å²) in [5.41, 5.74) is 0. The summed E-state index contributed by atoms with van der Waals surface area (Å²) in [7, 11) is -1.45. The topological polar surface area (TPSA) is 44.8 Å². The number of carbonyl (C=O) groups is 1. The molecule has 0 aliphatic rings. The van der Waals surface area contributed by atoms with E-state index in [0.29, 0.717) is 13.2 Å². The molecule has 0 N–H and O–H groups in total. The maximum atomic E-state index is 10.4. The van der Waals surface area contributed by atoms with Gasteiger partial charge in [-0.25, -0.2) is 0 Å². The Balaban J connectivity index is 0. The first-order chi connectivity index (χ1) is 5.20. The van der Waals surface area contributed by atoms with Gasteiger partial charge in [-0.1, -0.05) is 0 Å². The van der Waals surface area contributed by atoms with Crippen molar-refractivity contribution >= 4 is 44.1 Å². The molecule has 0 atom stereocenters. The Bertz CT molecular complexity index is 116. The second-order valence-electron chi connectivity index (χ2n) is 1.64. The van der Waals surface area contributed by atoms with Gasteiger partial charge in [0, 0.05) is 6.92 Å². The van der Waals surface area contributed by atoms with Crippen LogP contribution in [-0.2, 0) is 18.4 Å². The summed E-state index contributed by atoms with van der Waals surface area (Å²) in [5, 5.41) is 0. The molecule has 0 aliphatic carbocycles. The first-order valence-electron chi connectivity index (χ1n) is 3.45. The van der Waals surface area contributed by atoms with Crippen molar-refractivity contribution in [1.82, 2.24) is 0 Å². The van der Waals surface area contributed by atoms with E-state index in [1.54, 1.807) is 0 Å². The molecule has 0 amide bonds. The molecular weight excluding hydrogens is 190 g/mol. The zero-order valence-electron chi connectivity index (χ0n) is 6.99. The zero-order valence-corrected chi connectivity index (χ0v) is 7.89. The van der Waals surface area contributed by atoms with Gasteiger partial charge < -0.3 is 13.6 Å². The normalized spacial score (nSPS) is 9.33. The van der Waals surface area contributed by atoms with Gasteiger partial charge in [-0.15, -0.1) is 0 Å². The minimum atomic E-state index is -1.45. The summed E-state index contributed by atoms with van der Waals surface area (Å²) in [6.07, 6.45) is 0. The SMILES string of the molecule is CCOP(OCC)OC(C)=O.[NaH]. The molecule has 0 aromatic carbocycles. The monoisotopic (exact) mass is 204 g/mol. The molecule has 0 spiro atoms. The van der Waals surface area contributed by atoms with Gasteiger partial charge in [-0.2, -0.15) is 0 Å². The Hall–Kier alpha value is 0.820. The molecule has 0 aromatic rings. The third-order valence-corrected chi connectivity index (χ3v) is 2.02. The second kappa shape index (κ2) is 9.90. The molecule has 4 nitrogen and oxygen atoms in total. The van der Waals surface area contributed by atoms with Crippen LogP contribution >= 0.6 is 8.60 Å². The Kier molecular flexibility index (Phi) is 12.6. The third-order valence-electron chi connectivity index (χ3n) is 0.672. The van der Waals surface area contributed by atoms with Gasteiger partial charge in [0.1, 0.15) is 0 Å². The molecule has 6 heteroatoms. The number of hydrogen-bond donors (Lipinski definition) is 0. The van der Waals surface area contributed by atoms with Crippen molar-refractivity contribution in [3.8, 4) is 0 Å². The fourth-order valence-corrected chi connectivity index (χ4v) is 1.22. The van der Waals surface area contributed by atoms with Crippen LogP contribution in [0, 0.1) is 0 Å². The molecule has 0 bridgehead atoms. The van der Waals surface area contributed by atoms with Crippen molar-refractivity contribution in [1.29, 1.82) is 0 Å². The predicted octanol–water partition coefficient (Wildman–Crippen LogP) is 1.20. The molecule has 0 heterocycles. The van der Waals surface area contributed by atoms with Gasteiger partial charge in [0.2, 0.25) is 0 Å². The predicted molar refractivity (Wildman–Crippen MR) is 49.1 cm³/mol. The van der Waals surface area contributed by atoms with E-state index in [9.17, 15) is 4.79 Å². The maximum absolute atomic E-state index is 10.4. The first-order valence-corrected chi connectivity index (χ1v) is 4.54. The van der Waals surface area contributed by atoms with Crippen LogP contribution in [-0.4, -0.2) is 48.7 Å². The molecule has 0 radical (unpaired) electrons. The van der Waals surface area contributed by atoms with Crippen molar-refractivity contribution in [3.63, 3.8) is 0 Å². The third kappa shape index (κ3) is 8.91. The zero-order chi connectivity index (χ0) is 8.69. The van der Waals surface area contributed by atoms with Gasteiger partial charge in [0.15, 0.2) is 0 Å². The number of carbonyl (C=O) groups excluding carboxylic acids is 1. The van der Waals surface area contributed by atoms with E-state index < -0.39 is 8.60 Å². The molecular formula is C6H14NaO4P. The van der Waals surface area contributed by atoms with Gasteiger partial charge in [0.25, 0.3) is 0 Å². The molecule has 0 aliphatic heterocycles. The van der Waals surface area contributed by atoms with Crippen molar-refractivity contribution in [2.75, 3.05) is 13.2 Å². The molecule has 12 heavy (non-hydrogen) atoms. The fourth-order valence-electron chi connectivity index (χ4n) is 0.406. The van der Waals surface area contributed by atoms with Gasteiger partial charge in [-0.05, 0) is 13.8 Å². The molecule has 0 saturated heterocycles. The summed E-state index contributed by atoms with van der Waals surface area (Å²) < 4.78 is 14.7. The Labute approximate surface area is 96.2 Å². The number of hydrogen-bond acceptors (Lipinski definition) is 4. The standard InChI is InChI=1S/C6H13O4P.Na.H/c1-4-8-11(9-5-2)10-6(3)7;;/h4-5H2,1-3H3;;. The molecule has 0 rings (SSSR count). The average Bonchev–Trinajstić information content (AvgIpc) is 1.87. The summed E-state index contributed by atoms with van der Waals surface area (Å²) in [6, 6.07) is 0. The Morgan fingerprint density at radius 3 is 1.92 bits per heavy atom. The van der Waals surface area contributed by atoms with Crippen LogP contribution < -0.4 is 0 Å². The summed E-state index contributed by atoms with van der Waals surface area (Å²) in [4.78, 5) is 10.4. The van der Waals surface area contributed by atoms with Gasteiger partial charge in [-0.3, -0.25) is 4.79 Å².